The Morgan fingerprint density at radius 3 is 2.30 bits per heavy atom. The number of amides is 3. The molecule has 180 valence electrons. The number of β-lactam (4-membered cyclic amide) rings is 1. The van der Waals surface area contributed by atoms with Gasteiger partial charge < -0.3 is 25.0 Å². The highest BCUT2D eigenvalue weighted by atomic mass is 35.7. The number of nitrogens with one attached hydrogen (secondary N) is 2. The molecule has 0 spiro atoms. The molecule has 10 nitrogen and oxygen atoms in total. The van der Waals surface area contributed by atoms with Crippen LogP contribution in [-0.4, -0.2) is 61.5 Å². The Morgan fingerprint density at radius 2 is 1.85 bits per heavy atom. The summed E-state index contributed by atoms with van der Waals surface area (Å²) in [6.07, 6.45) is -0.862. The number of benzene rings is 1. The number of nitrogens with zero attached hydrogens (tertiary/aromatic N) is 1. The molecule has 1 aromatic carbocycles. The molecule has 1 saturated heterocycles. The molecule has 1 aliphatic heterocycles. The van der Waals surface area contributed by atoms with Crippen molar-refractivity contribution in [3.63, 3.8) is 0 Å². The summed E-state index contributed by atoms with van der Waals surface area (Å²) in [5.74, 6) is -2.96. The van der Waals surface area contributed by atoms with Crippen molar-refractivity contribution in [2.24, 2.45) is 0 Å². The van der Waals surface area contributed by atoms with E-state index in [1.54, 1.807) is 51.1 Å². The summed E-state index contributed by atoms with van der Waals surface area (Å²) in [5, 5.41) is 13.0. The van der Waals surface area contributed by atoms with Gasteiger partial charge in [-0.1, -0.05) is 36.9 Å². The maximum Gasteiger partial charge on any atom is 0.408 e. The quantitative estimate of drug-likeness (QED) is 0.280. The predicted molar refractivity (Wildman–Crippen MR) is 121 cm³/mol. The number of carbonyl (C=O) groups excluding carboxylic acids is 3. The Morgan fingerprint density at radius 1 is 1.27 bits per heavy atom. The topological polar surface area (TPSA) is 148 Å². The molecule has 12 heteroatoms. The van der Waals surface area contributed by atoms with Gasteiger partial charge in [-0.3, -0.25) is 14.5 Å². The molecule has 5 unspecified atom stereocenters. The first-order valence-electron chi connectivity index (χ1n) is 9.86. The third-order valence-corrected chi connectivity index (χ3v) is 6.03. The van der Waals surface area contributed by atoms with Crippen LogP contribution in [0.25, 0.3) is 0 Å². The van der Waals surface area contributed by atoms with Crippen LogP contribution < -0.4 is 10.6 Å². The first kappa shape index (κ1) is 26.5. The Bertz CT molecular complexity index is 922. The predicted octanol–water partition coefficient (Wildman–Crippen LogP) is 1.84. The van der Waals surface area contributed by atoms with E-state index in [1.807, 2.05) is 0 Å². The minimum absolute atomic E-state index is 0.126. The van der Waals surface area contributed by atoms with E-state index >= 15 is 0 Å². The van der Waals surface area contributed by atoms with Crippen LogP contribution in [0.3, 0.4) is 0 Å². The fraction of sp³-hybridized carbons (Fsp3) is 0.429. The van der Waals surface area contributed by atoms with Crippen molar-refractivity contribution in [1.29, 1.82) is 0 Å². The Balaban J connectivity index is 2.27. The van der Waals surface area contributed by atoms with Crippen molar-refractivity contribution in [2.75, 3.05) is 0 Å². The molecule has 2 rings (SSSR count). The molecular formula is C21H26ClN3O7S. The highest BCUT2D eigenvalue weighted by Gasteiger charge is 2.60. The summed E-state index contributed by atoms with van der Waals surface area (Å²) < 4.78 is 17.3. The van der Waals surface area contributed by atoms with E-state index in [0.717, 1.165) is 4.90 Å². The number of carbonyl (C=O) groups is 4. The summed E-state index contributed by atoms with van der Waals surface area (Å²) in [4.78, 5) is 50.5. The molecule has 0 saturated carbocycles. The van der Waals surface area contributed by atoms with Gasteiger partial charge in [0.25, 0.3) is 5.91 Å². The van der Waals surface area contributed by atoms with Gasteiger partial charge in [-0.2, -0.15) is 0 Å². The van der Waals surface area contributed by atoms with Gasteiger partial charge in [0.2, 0.25) is 11.3 Å². The third-order valence-electron chi connectivity index (χ3n) is 4.60. The molecular weight excluding hydrogens is 474 g/mol. The number of halogens is 1. The normalized spacial score (nSPS) is 20.7. The van der Waals surface area contributed by atoms with Crippen LogP contribution in [0.2, 0.25) is 0 Å². The van der Waals surface area contributed by atoms with E-state index in [9.17, 15) is 28.8 Å². The highest BCUT2D eigenvalue weighted by molar-refractivity contribution is 8.14. The average Bonchev–Trinajstić information content (AvgIpc) is 2.68. The Kier molecular flexibility index (Phi) is 8.39. The van der Waals surface area contributed by atoms with Crippen LogP contribution in [0.5, 0.6) is 0 Å². The van der Waals surface area contributed by atoms with Crippen molar-refractivity contribution >= 4 is 44.9 Å². The van der Waals surface area contributed by atoms with E-state index < -0.39 is 63.4 Å². The van der Waals surface area contributed by atoms with Crippen molar-refractivity contribution in [2.45, 2.75) is 56.8 Å². The zero-order valence-corrected chi connectivity index (χ0v) is 20.1. The van der Waals surface area contributed by atoms with Crippen molar-refractivity contribution in [3.05, 3.63) is 48.0 Å². The first-order chi connectivity index (χ1) is 15.2. The number of alkyl carbamates (subject to hydrolysis) is 1. The van der Waals surface area contributed by atoms with Gasteiger partial charge >= 0.3 is 12.1 Å². The molecule has 0 aromatic heterocycles. The fourth-order valence-corrected chi connectivity index (χ4v) is 4.63. The van der Waals surface area contributed by atoms with Gasteiger partial charge in [0, 0.05) is 0 Å². The van der Waals surface area contributed by atoms with Crippen LogP contribution in [0, 0.1) is 0 Å². The Hall–Kier alpha value is -2.76. The van der Waals surface area contributed by atoms with E-state index in [-0.39, 0.29) is 5.57 Å². The van der Waals surface area contributed by atoms with E-state index in [1.165, 1.54) is 6.92 Å². The standard InChI is InChI=1S/C21H26ClN3O7S/c1-11(2)15(19(28)29)25-17(27)14(18(25)33(22)31)23-16(26)13(12-9-7-6-8-10-12)24-20(30)32-21(3,4)5/h6-10,13-15,18H,1H2,2-5H3,(H,23,26)(H,24,30)(H,28,29). The monoisotopic (exact) mass is 499 g/mol. The van der Waals surface area contributed by atoms with Crippen LogP contribution in [0.1, 0.15) is 39.3 Å². The molecule has 0 bridgehead atoms. The smallest absolute Gasteiger partial charge is 0.408 e. The van der Waals surface area contributed by atoms with Crippen molar-refractivity contribution < 1.29 is 33.6 Å². The van der Waals surface area contributed by atoms with Crippen LogP contribution in [-0.2, 0) is 29.5 Å². The number of aliphatic carboxylic acids is 1. The number of hydrogen-bond acceptors (Lipinski definition) is 6. The third kappa shape index (κ3) is 6.40. The van der Waals surface area contributed by atoms with Crippen molar-refractivity contribution in [1.82, 2.24) is 15.5 Å². The first-order valence-corrected chi connectivity index (χ1v) is 11.9. The lowest BCUT2D eigenvalue weighted by atomic mass is 9.98. The maximum atomic E-state index is 13.1. The number of hydrogen-bond donors (Lipinski definition) is 3. The molecule has 1 heterocycles. The summed E-state index contributed by atoms with van der Waals surface area (Å²) in [6.45, 7) is 9.94. The second-order valence-electron chi connectivity index (χ2n) is 8.45. The van der Waals surface area contributed by atoms with Gasteiger partial charge in [0.15, 0.2) is 22.8 Å². The second kappa shape index (κ2) is 10.4. The van der Waals surface area contributed by atoms with Crippen molar-refractivity contribution in [3.8, 4) is 0 Å². The zero-order chi connectivity index (χ0) is 25.1. The minimum atomic E-state index is -2.21. The Labute approximate surface area is 199 Å². The summed E-state index contributed by atoms with van der Waals surface area (Å²) >= 11 is 0. The summed E-state index contributed by atoms with van der Waals surface area (Å²) in [6, 6.07) is 4.16. The molecule has 5 atom stereocenters. The summed E-state index contributed by atoms with van der Waals surface area (Å²) in [7, 11) is 3.53. The summed E-state index contributed by atoms with van der Waals surface area (Å²) in [5.41, 5.74) is -0.291. The minimum Gasteiger partial charge on any atom is -0.597 e. The lowest BCUT2D eigenvalue weighted by molar-refractivity contribution is -0.160. The van der Waals surface area contributed by atoms with E-state index in [0.29, 0.717) is 5.56 Å². The number of carboxylic acids is 1. The number of ether oxygens (including phenoxy) is 1. The second-order valence-corrected chi connectivity index (χ2v) is 10.3. The van der Waals surface area contributed by atoms with E-state index in [4.69, 9.17) is 15.4 Å². The molecule has 3 N–H and O–H groups in total. The molecule has 0 aliphatic carbocycles. The van der Waals surface area contributed by atoms with Gasteiger partial charge in [0.1, 0.15) is 11.6 Å². The van der Waals surface area contributed by atoms with Gasteiger partial charge in [-0.25, -0.2) is 9.59 Å². The van der Waals surface area contributed by atoms with Crippen LogP contribution >= 0.6 is 10.7 Å². The number of rotatable bonds is 8. The lowest BCUT2D eigenvalue weighted by Crippen LogP contribution is -2.76. The maximum absolute atomic E-state index is 13.1. The SMILES string of the molecule is C=C(C)C(C(=O)O)N1C(=O)C(NC(=O)C(NC(=O)OC(C)(C)C)c2ccccc2)C1[S+]([O-])Cl. The van der Waals surface area contributed by atoms with Crippen LogP contribution in [0.4, 0.5) is 4.79 Å². The average molecular weight is 500 g/mol. The largest absolute Gasteiger partial charge is 0.597 e. The highest BCUT2D eigenvalue weighted by Crippen LogP contribution is 2.32. The van der Waals surface area contributed by atoms with Crippen LogP contribution in [0.15, 0.2) is 42.5 Å². The van der Waals surface area contributed by atoms with Gasteiger partial charge in [-0.05, 0) is 38.8 Å². The molecule has 3 amide bonds. The molecule has 33 heavy (non-hydrogen) atoms. The zero-order valence-electron chi connectivity index (χ0n) is 18.5. The lowest BCUT2D eigenvalue weighted by Gasteiger charge is -2.46. The molecule has 0 radical (unpaired) electrons. The molecule has 1 fully saturated rings. The fourth-order valence-electron chi connectivity index (χ4n) is 3.26. The number of likely N-dealkylation sites (tertiary alicyclic amines) is 1. The van der Waals surface area contributed by atoms with E-state index in [2.05, 4.69) is 17.2 Å². The van der Waals surface area contributed by atoms with Gasteiger partial charge in [0.05, 0.1) is 10.4 Å². The molecule has 1 aromatic rings. The number of carboxylic acid groups (broad SMARTS) is 1. The van der Waals surface area contributed by atoms with Gasteiger partial charge in [-0.15, -0.1) is 0 Å². The molecule has 1 aliphatic rings.